The van der Waals surface area contributed by atoms with Crippen molar-refractivity contribution in [1.29, 1.82) is 0 Å². The summed E-state index contributed by atoms with van der Waals surface area (Å²) in [6.45, 7) is 8.29. The molecule has 10 nitrogen and oxygen atoms in total. The van der Waals surface area contributed by atoms with Crippen molar-refractivity contribution in [2.24, 2.45) is 0 Å². The number of carboxylic acid groups (broad SMARTS) is 1. The molecule has 1 aliphatic heterocycles. The van der Waals surface area contributed by atoms with Crippen molar-refractivity contribution in [2.75, 3.05) is 36.0 Å². The van der Waals surface area contributed by atoms with E-state index < -0.39 is 11.7 Å². The van der Waals surface area contributed by atoms with E-state index in [2.05, 4.69) is 20.0 Å². The number of carbonyl (C=O) groups is 1. The van der Waals surface area contributed by atoms with Crippen LogP contribution in [0.1, 0.15) is 37.0 Å². The second kappa shape index (κ2) is 8.64. The maximum atomic E-state index is 13.2. The number of aromatic carboxylic acids is 1. The van der Waals surface area contributed by atoms with Crippen LogP contribution in [0, 0.1) is 5.82 Å². The summed E-state index contributed by atoms with van der Waals surface area (Å²) in [4.78, 5) is 36.7. The lowest BCUT2D eigenvalue weighted by molar-refractivity contribution is 0.0682. The molecule has 0 bridgehead atoms. The van der Waals surface area contributed by atoms with Crippen LogP contribution in [0.3, 0.4) is 0 Å². The normalized spacial score (nSPS) is 14.5. The first-order valence-corrected chi connectivity index (χ1v) is 10.6. The standard InChI is InChI=1S/C22H26FN7O3/c1-22(2,3)18-12-17(19(31)32)30(26-18)14-29-13-24-20(25-21(29)33)28-10-8-27(9-11-28)16-6-4-15(23)5-7-16/h4-7,12-13H,8-11,14H2,1-3H3,(H,31,32). The van der Waals surface area contributed by atoms with Gasteiger partial charge in [-0.3, -0.25) is 4.57 Å². The van der Waals surface area contributed by atoms with Crippen LogP contribution in [0.25, 0.3) is 0 Å². The minimum atomic E-state index is -1.12. The maximum Gasteiger partial charge on any atom is 0.354 e. The highest BCUT2D eigenvalue weighted by Gasteiger charge is 2.24. The fourth-order valence-electron chi connectivity index (χ4n) is 3.62. The van der Waals surface area contributed by atoms with E-state index in [1.165, 1.54) is 33.8 Å². The molecular formula is C22H26FN7O3. The van der Waals surface area contributed by atoms with Crippen molar-refractivity contribution >= 4 is 17.6 Å². The van der Waals surface area contributed by atoms with Gasteiger partial charge in [-0.2, -0.15) is 10.1 Å². The largest absolute Gasteiger partial charge is 0.477 e. The monoisotopic (exact) mass is 455 g/mol. The van der Waals surface area contributed by atoms with Gasteiger partial charge in [0.25, 0.3) is 0 Å². The van der Waals surface area contributed by atoms with E-state index in [9.17, 15) is 19.1 Å². The number of carboxylic acids is 1. The molecule has 11 heteroatoms. The van der Waals surface area contributed by atoms with Crippen molar-refractivity contribution in [3.8, 4) is 0 Å². The van der Waals surface area contributed by atoms with Crippen LogP contribution < -0.4 is 15.5 Å². The first-order chi connectivity index (χ1) is 15.6. The summed E-state index contributed by atoms with van der Waals surface area (Å²) in [6, 6.07) is 7.88. The van der Waals surface area contributed by atoms with Gasteiger partial charge in [-0.15, -0.1) is 0 Å². The van der Waals surface area contributed by atoms with Crippen LogP contribution in [0.5, 0.6) is 0 Å². The number of hydrogen-bond donors (Lipinski definition) is 1. The molecule has 1 saturated heterocycles. The Morgan fingerprint density at radius 2 is 1.73 bits per heavy atom. The number of aromatic nitrogens is 5. The smallest absolute Gasteiger partial charge is 0.354 e. The molecule has 0 spiro atoms. The molecule has 4 rings (SSSR count). The Morgan fingerprint density at radius 3 is 2.30 bits per heavy atom. The zero-order chi connectivity index (χ0) is 23.8. The number of rotatable bonds is 5. The van der Waals surface area contributed by atoms with Gasteiger partial charge in [0.1, 0.15) is 24.5 Å². The van der Waals surface area contributed by atoms with Crippen LogP contribution in [0.2, 0.25) is 0 Å². The van der Waals surface area contributed by atoms with Gasteiger partial charge < -0.3 is 14.9 Å². The number of nitrogens with zero attached hydrogens (tertiary/aromatic N) is 7. The number of anilines is 2. The number of piperazine rings is 1. The summed E-state index contributed by atoms with van der Waals surface area (Å²) in [5, 5.41) is 13.9. The number of halogens is 1. The molecule has 3 heterocycles. The molecule has 33 heavy (non-hydrogen) atoms. The quantitative estimate of drug-likeness (QED) is 0.620. The predicted molar refractivity (Wildman–Crippen MR) is 120 cm³/mol. The van der Waals surface area contributed by atoms with E-state index in [1.54, 1.807) is 12.1 Å². The molecular weight excluding hydrogens is 429 g/mol. The molecule has 0 saturated carbocycles. The Hall–Kier alpha value is -3.76. The molecule has 0 aliphatic carbocycles. The van der Waals surface area contributed by atoms with Crippen molar-refractivity contribution in [1.82, 2.24) is 24.3 Å². The highest BCUT2D eigenvalue weighted by Crippen LogP contribution is 2.22. The van der Waals surface area contributed by atoms with Crippen molar-refractivity contribution in [3.63, 3.8) is 0 Å². The number of benzene rings is 1. The lowest BCUT2D eigenvalue weighted by Crippen LogP contribution is -2.47. The summed E-state index contributed by atoms with van der Waals surface area (Å²) >= 11 is 0. The zero-order valence-electron chi connectivity index (χ0n) is 18.8. The third-order valence-corrected chi connectivity index (χ3v) is 5.56. The fraction of sp³-hybridized carbons (Fsp3) is 0.409. The van der Waals surface area contributed by atoms with Crippen molar-refractivity contribution in [2.45, 2.75) is 32.9 Å². The highest BCUT2D eigenvalue weighted by molar-refractivity contribution is 5.85. The Morgan fingerprint density at radius 1 is 1.09 bits per heavy atom. The van der Waals surface area contributed by atoms with Gasteiger partial charge in [-0.1, -0.05) is 20.8 Å². The molecule has 0 radical (unpaired) electrons. The number of hydrogen-bond acceptors (Lipinski definition) is 7. The van der Waals surface area contributed by atoms with E-state index >= 15 is 0 Å². The van der Waals surface area contributed by atoms with E-state index in [-0.39, 0.29) is 23.6 Å². The third-order valence-electron chi connectivity index (χ3n) is 5.56. The Labute approximate surface area is 189 Å². The van der Waals surface area contributed by atoms with Crippen LogP contribution >= 0.6 is 0 Å². The minimum Gasteiger partial charge on any atom is -0.477 e. The summed E-state index contributed by atoms with van der Waals surface area (Å²) in [7, 11) is 0. The molecule has 0 atom stereocenters. The molecule has 174 valence electrons. The summed E-state index contributed by atoms with van der Waals surface area (Å²) < 4.78 is 15.6. The van der Waals surface area contributed by atoms with Crippen LogP contribution in [0.4, 0.5) is 16.0 Å². The van der Waals surface area contributed by atoms with Gasteiger partial charge >= 0.3 is 11.7 Å². The minimum absolute atomic E-state index is 0.00665. The zero-order valence-corrected chi connectivity index (χ0v) is 18.8. The Kier molecular flexibility index (Phi) is 5.88. The first kappa shape index (κ1) is 22.4. The van der Waals surface area contributed by atoms with E-state index in [1.807, 2.05) is 25.7 Å². The molecule has 1 N–H and O–H groups in total. The molecule has 1 aromatic carbocycles. The lowest BCUT2D eigenvalue weighted by atomic mass is 9.92. The average Bonchev–Trinajstić information content (AvgIpc) is 3.21. The Balaban J connectivity index is 1.47. The fourth-order valence-corrected chi connectivity index (χ4v) is 3.62. The molecule has 1 fully saturated rings. The van der Waals surface area contributed by atoms with Crippen molar-refractivity contribution in [3.05, 3.63) is 64.3 Å². The van der Waals surface area contributed by atoms with Gasteiger partial charge in [0.05, 0.1) is 5.69 Å². The van der Waals surface area contributed by atoms with E-state index in [0.29, 0.717) is 37.8 Å². The van der Waals surface area contributed by atoms with Gasteiger partial charge in [0.15, 0.2) is 0 Å². The topological polar surface area (TPSA) is 109 Å². The van der Waals surface area contributed by atoms with Crippen LogP contribution in [-0.2, 0) is 12.1 Å². The molecule has 0 unspecified atom stereocenters. The second-order valence-corrected chi connectivity index (χ2v) is 8.97. The molecule has 0 amide bonds. The van der Waals surface area contributed by atoms with Gasteiger partial charge in [-0.25, -0.2) is 23.6 Å². The molecule has 3 aromatic rings. The SMILES string of the molecule is CC(C)(C)c1cc(C(=O)O)n(Cn2cnc(N3CCN(c4ccc(F)cc4)CC3)nc2=O)n1. The predicted octanol–water partition coefficient (Wildman–Crippen LogP) is 1.80. The van der Waals surface area contributed by atoms with Crippen LogP contribution in [-0.4, -0.2) is 61.6 Å². The molecule has 2 aromatic heterocycles. The third kappa shape index (κ3) is 4.86. The van der Waals surface area contributed by atoms with Crippen molar-refractivity contribution < 1.29 is 14.3 Å². The second-order valence-electron chi connectivity index (χ2n) is 8.97. The summed E-state index contributed by atoms with van der Waals surface area (Å²) in [5.74, 6) is -1.07. The summed E-state index contributed by atoms with van der Waals surface area (Å²) in [5.41, 5.74) is 0.675. The van der Waals surface area contributed by atoms with Crippen LogP contribution in [0.15, 0.2) is 41.5 Å². The maximum absolute atomic E-state index is 13.2. The van der Waals surface area contributed by atoms with Gasteiger partial charge in [-0.05, 0) is 30.3 Å². The van der Waals surface area contributed by atoms with Gasteiger partial charge in [0.2, 0.25) is 5.95 Å². The lowest BCUT2D eigenvalue weighted by Gasteiger charge is -2.36. The highest BCUT2D eigenvalue weighted by atomic mass is 19.1. The Bertz CT molecular complexity index is 1210. The first-order valence-electron chi connectivity index (χ1n) is 10.6. The van der Waals surface area contributed by atoms with E-state index in [0.717, 1.165) is 5.69 Å². The molecule has 1 aliphatic rings. The van der Waals surface area contributed by atoms with Gasteiger partial charge in [0, 0.05) is 37.3 Å². The summed E-state index contributed by atoms with van der Waals surface area (Å²) in [6.07, 6.45) is 1.36. The van der Waals surface area contributed by atoms with E-state index in [4.69, 9.17) is 0 Å². The average molecular weight is 455 g/mol.